The van der Waals surface area contributed by atoms with Gasteiger partial charge in [0.2, 0.25) is 11.8 Å². The highest BCUT2D eigenvalue weighted by atomic mass is 19.3. The van der Waals surface area contributed by atoms with E-state index in [4.69, 9.17) is 10.5 Å². The predicted octanol–water partition coefficient (Wildman–Crippen LogP) is 1.62. The fourth-order valence-electron chi connectivity index (χ4n) is 2.65. The Kier molecular flexibility index (Phi) is 6.12. The SMILES string of the molecule is NCCOc1ccc(CC(=O)NCC2(O)CCC(F)(F)CC2)cc1. The molecule has 0 aliphatic heterocycles. The average Bonchev–Trinajstić information content (AvgIpc) is 2.56. The summed E-state index contributed by atoms with van der Waals surface area (Å²) in [7, 11) is 0. The van der Waals surface area contributed by atoms with Crippen LogP contribution in [-0.2, 0) is 11.2 Å². The van der Waals surface area contributed by atoms with Crippen LogP contribution in [0.1, 0.15) is 31.2 Å². The average molecular weight is 342 g/mol. The Hall–Kier alpha value is -1.73. The van der Waals surface area contributed by atoms with Gasteiger partial charge in [-0.3, -0.25) is 4.79 Å². The van der Waals surface area contributed by atoms with Crippen LogP contribution in [0.4, 0.5) is 8.78 Å². The molecule has 24 heavy (non-hydrogen) atoms. The first-order valence-electron chi connectivity index (χ1n) is 8.11. The molecule has 1 aromatic rings. The molecule has 2 rings (SSSR count). The topological polar surface area (TPSA) is 84.6 Å². The Morgan fingerprint density at radius 1 is 1.21 bits per heavy atom. The number of carbonyl (C=O) groups excluding carboxylic acids is 1. The van der Waals surface area contributed by atoms with Gasteiger partial charge < -0.3 is 20.9 Å². The van der Waals surface area contributed by atoms with Crippen molar-refractivity contribution < 1.29 is 23.4 Å². The molecule has 1 amide bonds. The quantitative estimate of drug-likeness (QED) is 0.703. The predicted molar refractivity (Wildman–Crippen MR) is 86.1 cm³/mol. The zero-order valence-corrected chi connectivity index (χ0v) is 13.6. The highest BCUT2D eigenvalue weighted by Gasteiger charge is 2.42. The molecule has 0 saturated heterocycles. The van der Waals surface area contributed by atoms with Crippen LogP contribution in [0.5, 0.6) is 5.75 Å². The number of rotatable bonds is 7. The standard InChI is InChI=1S/C17H24F2N2O3/c18-17(19)7-5-16(23,6-8-17)12-21-15(22)11-13-1-3-14(4-2-13)24-10-9-20/h1-4,23H,5-12,20H2,(H,21,22). The lowest BCUT2D eigenvalue weighted by atomic mass is 9.82. The monoisotopic (exact) mass is 342 g/mol. The summed E-state index contributed by atoms with van der Waals surface area (Å²) in [6.07, 6.45) is -0.544. The Bertz CT molecular complexity index is 539. The van der Waals surface area contributed by atoms with Gasteiger partial charge in [-0.05, 0) is 30.5 Å². The summed E-state index contributed by atoms with van der Waals surface area (Å²) in [5, 5.41) is 12.9. The van der Waals surface area contributed by atoms with Crippen LogP contribution in [-0.4, -0.2) is 42.2 Å². The Morgan fingerprint density at radius 3 is 2.42 bits per heavy atom. The molecule has 7 heteroatoms. The van der Waals surface area contributed by atoms with E-state index in [2.05, 4.69) is 5.32 Å². The van der Waals surface area contributed by atoms with Crippen LogP contribution in [0.2, 0.25) is 0 Å². The van der Waals surface area contributed by atoms with E-state index in [1.807, 2.05) is 0 Å². The Balaban J connectivity index is 1.77. The number of carbonyl (C=O) groups is 1. The van der Waals surface area contributed by atoms with E-state index in [1.54, 1.807) is 24.3 Å². The normalized spacial score (nSPS) is 18.8. The third-order valence-electron chi connectivity index (χ3n) is 4.20. The molecule has 0 heterocycles. The number of ether oxygens (including phenoxy) is 1. The van der Waals surface area contributed by atoms with Crippen molar-refractivity contribution in [3.8, 4) is 5.75 Å². The van der Waals surface area contributed by atoms with Gasteiger partial charge in [0.25, 0.3) is 0 Å². The van der Waals surface area contributed by atoms with E-state index in [1.165, 1.54) is 0 Å². The van der Waals surface area contributed by atoms with Gasteiger partial charge in [-0.2, -0.15) is 0 Å². The van der Waals surface area contributed by atoms with Gasteiger partial charge in [-0.1, -0.05) is 12.1 Å². The van der Waals surface area contributed by atoms with E-state index in [0.717, 1.165) is 5.56 Å². The second-order valence-corrected chi connectivity index (χ2v) is 6.31. The molecule has 1 aromatic carbocycles. The van der Waals surface area contributed by atoms with Gasteiger partial charge in [0.15, 0.2) is 0 Å². The van der Waals surface area contributed by atoms with Crippen LogP contribution in [0.15, 0.2) is 24.3 Å². The molecule has 134 valence electrons. The van der Waals surface area contributed by atoms with Gasteiger partial charge in [0, 0.05) is 25.9 Å². The number of hydrogen-bond donors (Lipinski definition) is 3. The van der Waals surface area contributed by atoms with Crippen molar-refractivity contribution in [2.45, 2.75) is 43.6 Å². The molecule has 0 aromatic heterocycles. The van der Waals surface area contributed by atoms with Crippen molar-refractivity contribution in [3.63, 3.8) is 0 Å². The van der Waals surface area contributed by atoms with Crippen molar-refractivity contribution in [2.75, 3.05) is 19.7 Å². The number of nitrogens with one attached hydrogen (secondary N) is 1. The first-order chi connectivity index (χ1) is 11.3. The summed E-state index contributed by atoms with van der Waals surface area (Å²) in [5.74, 6) is -2.28. The van der Waals surface area contributed by atoms with Gasteiger partial charge in [-0.25, -0.2) is 8.78 Å². The molecule has 0 bridgehead atoms. The molecule has 0 unspecified atom stereocenters. The third-order valence-corrected chi connectivity index (χ3v) is 4.20. The first-order valence-corrected chi connectivity index (χ1v) is 8.11. The van der Waals surface area contributed by atoms with E-state index in [9.17, 15) is 18.7 Å². The summed E-state index contributed by atoms with van der Waals surface area (Å²) >= 11 is 0. The van der Waals surface area contributed by atoms with Gasteiger partial charge >= 0.3 is 0 Å². The Morgan fingerprint density at radius 2 is 1.83 bits per heavy atom. The van der Waals surface area contributed by atoms with Crippen LogP contribution < -0.4 is 15.8 Å². The molecule has 0 radical (unpaired) electrons. The third kappa shape index (κ3) is 5.72. The molecule has 1 aliphatic rings. The smallest absolute Gasteiger partial charge is 0.248 e. The van der Waals surface area contributed by atoms with Crippen molar-refractivity contribution in [2.24, 2.45) is 5.73 Å². The van der Waals surface area contributed by atoms with Gasteiger partial charge in [0.1, 0.15) is 12.4 Å². The lowest BCUT2D eigenvalue weighted by Gasteiger charge is -2.35. The highest BCUT2D eigenvalue weighted by molar-refractivity contribution is 5.78. The number of nitrogens with two attached hydrogens (primary N) is 1. The number of halogens is 2. The molecule has 4 N–H and O–H groups in total. The number of benzene rings is 1. The van der Waals surface area contributed by atoms with Crippen molar-refractivity contribution >= 4 is 5.91 Å². The fourth-order valence-corrected chi connectivity index (χ4v) is 2.65. The summed E-state index contributed by atoms with van der Waals surface area (Å²) in [6.45, 7) is 0.857. The van der Waals surface area contributed by atoms with Crippen LogP contribution in [0.3, 0.4) is 0 Å². The van der Waals surface area contributed by atoms with E-state index >= 15 is 0 Å². The van der Waals surface area contributed by atoms with E-state index in [0.29, 0.717) is 18.9 Å². The number of hydrogen-bond acceptors (Lipinski definition) is 4. The second-order valence-electron chi connectivity index (χ2n) is 6.31. The van der Waals surface area contributed by atoms with Crippen molar-refractivity contribution in [1.29, 1.82) is 0 Å². The molecule has 1 fully saturated rings. The lowest BCUT2D eigenvalue weighted by molar-refractivity contribution is -0.125. The molecule has 0 atom stereocenters. The zero-order chi connectivity index (χ0) is 17.6. The lowest BCUT2D eigenvalue weighted by Crippen LogP contribution is -2.47. The zero-order valence-electron chi connectivity index (χ0n) is 13.6. The number of amides is 1. The van der Waals surface area contributed by atoms with Gasteiger partial charge in [-0.15, -0.1) is 0 Å². The van der Waals surface area contributed by atoms with Gasteiger partial charge in [0.05, 0.1) is 12.0 Å². The maximum absolute atomic E-state index is 13.1. The summed E-state index contributed by atoms with van der Waals surface area (Å²) in [5.41, 5.74) is 4.91. The summed E-state index contributed by atoms with van der Waals surface area (Å²) < 4.78 is 31.6. The molecule has 1 aliphatic carbocycles. The van der Waals surface area contributed by atoms with Crippen LogP contribution in [0.25, 0.3) is 0 Å². The second kappa shape index (κ2) is 7.90. The maximum atomic E-state index is 13.1. The Labute approximate surface area is 140 Å². The van der Waals surface area contributed by atoms with E-state index < -0.39 is 11.5 Å². The number of aliphatic hydroxyl groups is 1. The molecular formula is C17H24F2N2O3. The minimum absolute atomic E-state index is 0.000389. The molecular weight excluding hydrogens is 318 g/mol. The fraction of sp³-hybridized carbons (Fsp3) is 0.588. The largest absolute Gasteiger partial charge is 0.492 e. The minimum Gasteiger partial charge on any atom is -0.492 e. The molecule has 0 spiro atoms. The van der Waals surface area contributed by atoms with Crippen molar-refractivity contribution in [1.82, 2.24) is 5.32 Å². The minimum atomic E-state index is -2.70. The molecule has 5 nitrogen and oxygen atoms in total. The maximum Gasteiger partial charge on any atom is 0.248 e. The first kappa shape index (κ1) is 18.6. The summed E-state index contributed by atoms with van der Waals surface area (Å²) in [4.78, 5) is 12.0. The number of alkyl halides is 2. The van der Waals surface area contributed by atoms with Crippen LogP contribution in [0, 0.1) is 0 Å². The summed E-state index contributed by atoms with van der Waals surface area (Å²) in [6, 6.07) is 7.08. The van der Waals surface area contributed by atoms with E-state index in [-0.39, 0.29) is 44.6 Å². The highest BCUT2D eigenvalue weighted by Crippen LogP contribution is 2.38. The van der Waals surface area contributed by atoms with Crippen LogP contribution >= 0.6 is 0 Å². The van der Waals surface area contributed by atoms with Crippen molar-refractivity contribution in [3.05, 3.63) is 29.8 Å². The molecule has 1 saturated carbocycles.